The second-order valence-corrected chi connectivity index (χ2v) is 4.06. The van der Waals surface area contributed by atoms with Crippen LogP contribution >= 0.6 is 0 Å². The summed E-state index contributed by atoms with van der Waals surface area (Å²) in [6.45, 7) is 2.41. The van der Waals surface area contributed by atoms with E-state index in [9.17, 15) is 4.79 Å². The van der Waals surface area contributed by atoms with Crippen LogP contribution < -0.4 is 5.73 Å². The highest BCUT2D eigenvalue weighted by molar-refractivity contribution is 5.92. The minimum Gasteiger partial charge on any atom is -0.357 e. The number of nitrogens with one attached hydrogen (secondary N) is 1. The molecule has 2 heterocycles. The van der Waals surface area contributed by atoms with Crippen LogP contribution in [0.1, 0.15) is 23.3 Å². The van der Waals surface area contributed by atoms with E-state index in [-0.39, 0.29) is 5.91 Å². The molecule has 2 rings (SSSR count). The third-order valence-electron chi connectivity index (χ3n) is 3.06. The van der Waals surface area contributed by atoms with Gasteiger partial charge in [-0.1, -0.05) is 0 Å². The first-order chi connectivity index (χ1) is 7.31. The van der Waals surface area contributed by atoms with Gasteiger partial charge in [0, 0.05) is 19.3 Å². The molecule has 15 heavy (non-hydrogen) atoms. The number of hydrogen-bond acceptors (Lipinski definition) is 2. The summed E-state index contributed by atoms with van der Waals surface area (Å²) < 4.78 is 0. The number of amides is 1. The van der Waals surface area contributed by atoms with Crippen molar-refractivity contribution in [2.45, 2.75) is 12.8 Å². The number of aromatic amines is 1. The summed E-state index contributed by atoms with van der Waals surface area (Å²) in [7, 11) is 0. The number of likely N-dealkylation sites (tertiary alicyclic amines) is 1. The van der Waals surface area contributed by atoms with Gasteiger partial charge in [-0.3, -0.25) is 4.79 Å². The molecule has 0 saturated carbocycles. The lowest BCUT2D eigenvalue weighted by Gasteiger charge is -2.31. The molecule has 1 aliphatic heterocycles. The van der Waals surface area contributed by atoms with Gasteiger partial charge in [-0.15, -0.1) is 0 Å². The Morgan fingerprint density at radius 3 is 2.80 bits per heavy atom. The van der Waals surface area contributed by atoms with E-state index >= 15 is 0 Å². The van der Waals surface area contributed by atoms with Crippen molar-refractivity contribution in [3.05, 3.63) is 24.0 Å². The Morgan fingerprint density at radius 2 is 2.27 bits per heavy atom. The lowest BCUT2D eigenvalue weighted by molar-refractivity contribution is 0.0688. The first-order valence-electron chi connectivity index (χ1n) is 5.44. The number of rotatable bonds is 2. The van der Waals surface area contributed by atoms with Crippen LogP contribution in [-0.2, 0) is 0 Å². The Balaban J connectivity index is 1.93. The largest absolute Gasteiger partial charge is 0.357 e. The van der Waals surface area contributed by atoms with Gasteiger partial charge in [0.05, 0.1) is 0 Å². The molecule has 0 aromatic carbocycles. The second kappa shape index (κ2) is 4.49. The molecule has 4 nitrogen and oxygen atoms in total. The van der Waals surface area contributed by atoms with Gasteiger partial charge in [0.15, 0.2) is 0 Å². The summed E-state index contributed by atoms with van der Waals surface area (Å²) in [6.07, 6.45) is 3.84. The molecule has 0 aliphatic carbocycles. The van der Waals surface area contributed by atoms with E-state index in [4.69, 9.17) is 5.73 Å². The van der Waals surface area contributed by atoms with Crippen molar-refractivity contribution in [1.82, 2.24) is 9.88 Å². The van der Waals surface area contributed by atoms with Gasteiger partial charge >= 0.3 is 0 Å². The fraction of sp³-hybridized carbons (Fsp3) is 0.545. The number of H-pyrrole nitrogens is 1. The molecule has 0 radical (unpaired) electrons. The maximum Gasteiger partial charge on any atom is 0.270 e. The molecular formula is C11H17N3O. The highest BCUT2D eigenvalue weighted by Gasteiger charge is 2.22. The number of nitrogens with zero attached hydrogens (tertiary/aromatic N) is 1. The Labute approximate surface area is 89.5 Å². The quantitative estimate of drug-likeness (QED) is 0.754. The van der Waals surface area contributed by atoms with E-state index in [0.717, 1.165) is 32.5 Å². The molecule has 0 spiro atoms. The van der Waals surface area contributed by atoms with E-state index in [2.05, 4.69) is 4.98 Å². The molecule has 0 bridgehead atoms. The maximum absolute atomic E-state index is 11.9. The van der Waals surface area contributed by atoms with Crippen molar-refractivity contribution in [1.29, 1.82) is 0 Å². The zero-order valence-electron chi connectivity index (χ0n) is 8.78. The van der Waals surface area contributed by atoms with Gasteiger partial charge < -0.3 is 15.6 Å². The van der Waals surface area contributed by atoms with Crippen LogP contribution in [0.25, 0.3) is 0 Å². The number of carbonyl (C=O) groups is 1. The van der Waals surface area contributed by atoms with Gasteiger partial charge in [0.2, 0.25) is 0 Å². The van der Waals surface area contributed by atoms with Crippen molar-refractivity contribution >= 4 is 5.91 Å². The number of hydrogen-bond donors (Lipinski definition) is 2. The van der Waals surface area contributed by atoms with E-state index in [1.807, 2.05) is 17.0 Å². The minimum absolute atomic E-state index is 0.107. The Bertz CT molecular complexity index is 313. The Hall–Kier alpha value is -1.29. The number of carbonyl (C=O) groups excluding carboxylic acids is 1. The topological polar surface area (TPSA) is 62.1 Å². The van der Waals surface area contributed by atoms with Crippen LogP contribution in [0.3, 0.4) is 0 Å². The minimum atomic E-state index is 0.107. The van der Waals surface area contributed by atoms with Crippen molar-refractivity contribution in [3.8, 4) is 0 Å². The van der Waals surface area contributed by atoms with E-state index in [0.29, 0.717) is 11.6 Å². The average Bonchev–Trinajstić information content (AvgIpc) is 2.82. The normalized spacial score (nSPS) is 18.1. The monoisotopic (exact) mass is 207 g/mol. The summed E-state index contributed by atoms with van der Waals surface area (Å²) in [5.74, 6) is 0.702. The van der Waals surface area contributed by atoms with Crippen LogP contribution in [0.4, 0.5) is 0 Å². The third kappa shape index (κ3) is 2.21. The molecule has 1 aliphatic rings. The van der Waals surface area contributed by atoms with Gasteiger partial charge in [-0.25, -0.2) is 0 Å². The summed E-state index contributed by atoms with van der Waals surface area (Å²) in [6, 6.07) is 3.66. The summed E-state index contributed by atoms with van der Waals surface area (Å²) in [4.78, 5) is 16.8. The van der Waals surface area contributed by atoms with Gasteiger partial charge in [0.1, 0.15) is 5.69 Å². The smallest absolute Gasteiger partial charge is 0.270 e. The molecule has 4 heteroatoms. The predicted molar refractivity (Wildman–Crippen MR) is 58.5 cm³/mol. The van der Waals surface area contributed by atoms with Gasteiger partial charge in [0.25, 0.3) is 5.91 Å². The van der Waals surface area contributed by atoms with Crippen molar-refractivity contribution in [3.63, 3.8) is 0 Å². The lowest BCUT2D eigenvalue weighted by atomic mass is 9.97. The lowest BCUT2D eigenvalue weighted by Crippen LogP contribution is -2.40. The number of nitrogens with two attached hydrogens (primary N) is 1. The maximum atomic E-state index is 11.9. The van der Waals surface area contributed by atoms with Crippen molar-refractivity contribution < 1.29 is 4.79 Å². The van der Waals surface area contributed by atoms with Gasteiger partial charge in [-0.2, -0.15) is 0 Å². The molecule has 1 aromatic heterocycles. The van der Waals surface area contributed by atoms with Crippen LogP contribution in [0.15, 0.2) is 18.3 Å². The molecule has 1 saturated heterocycles. The molecule has 0 unspecified atom stereocenters. The first kappa shape index (κ1) is 10.2. The summed E-state index contributed by atoms with van der Waals surface area (Å²) in [5.41, 5.74) is 6.29. The van der Waals surface area contributed by atoms with Crippen molar-refractivity contribution in [2.75, 3.05) is 19.6 Å². The molecule has 3 N–H and O–H groups in total. The van der Waals surface area contributed by atoms with E-state index in [1.165, 1.54) is 0 Å². The van der Waals surface area contributed by atoms with Gasteiger partial charge in [-0.05, 0) is 37.4 Å². The molecule has 1 fully saturated rings. The second-order valence-electron chi connectivity index (χ2n) is 4.06. The predicted octanol–water partition coefficient (Wildman–Crippen LogP) is 0.826. The number of aromatic nitrogens is 1. The van der Waals surface area contributed by atoms with Crippen LogP contribution in [0.5, 0.6) is 0 Å². The molecule has 0 atom stereocenters. The Kier molecular flexibility index (Phi) is 3.06. The zero-order valence-corrected chi connectivity index (χ0v) is 8.78. The van der Waals surface area contributed by atoms with Crippen LogP contribution in [0, 0.1) is 5.92 Å². The van der Waals surface area contributed by atoms with E-state index < -0.39 is 0 Å². The van der Waals surface area contributed by atoms with Crippen LogP contribution in [0.2, 0.25) is 0 Å². The average molecular weight is 207 g/mol. The molecule has 1 aromatic rings. The highest BCUT2D eigenvalue weighted by atomic mass is 16.2. The molecule has 82 valence electrons. The highest BCUT2D eigenvalue weighted by Crippen LogP contribution is 2.17. The van der Waals surface area contributed by atoms with E-state index in [1.54, 1.807) is 6.20 Å². The first-order valence-corrected chi connectivity index (χ1v) is 5.44. The fourth-order valence-corrected chi connectivity index (χ4v) is 2.01. The number of piperidine rings is 1. The van der Waals surface area contributed by atoms with Crippen LogP contribution in [-0.4, -0.2) is 35.4 Å². The fourth-order valence-electron chi connectivity index (χ4n) is 2.01. The standard InChI is InChI=1S/C11H17N3O/c12-8-9-3-6-14(7-4-9)11(15)10-2-1-5-13-10/h1-2,5,9,13H,3-4,6-8,12H2. The Morgan fingerprint density at radius 1 is 1.53 bits per heavy atom. The third-order valence-corrected chi connectivity index (χ3v) is 3.06. The summed E-state index contributed by atoms with van der Waals surface area (Å²) in [5, 5.41) is 0. The SMILES string of the molecule is NCC1CCN(C(=O)c2ccc[nH]2)CC1. The summed E-state index contributed by atoms with van der Waals surface area (Å²) >= 11 is 0. The van der Waals surface area contributed by atoms with Crippen molar-refractivity contribution in [2.24, 2.45) is 11.7 Å². The molecule has 1 amide bonds. The molecular weight excluding hydrogens is 190 g/mol. The zero-order chi connectivity index (χ0) is 10.7.